The van der Waals surface area contributed by atoms with Crippen LogP contribution in [0.15, 0.2) is 40.7 Å². The summed E-state index contributed by atoms with van der Waals surface area (Å²) in [4.78, 5) is 26.5. The Balaban J connectivity index is 1.40. The topological polar surface area (TPSA) is 127 Å². The second kappa shape index (κ2) is 17.7. The first-order chi connectivity index (χ1) is 25.0. The molecule has 0 aliphatic carbocycles. The standard InChI is InChI=1S/C37H57N7O5S2Si2/c1-27-23-32(40-41-33(27)39-36-44(26-48-21-22-52(5,6)7)30-14-10-11-15-31(30)51-36)43(35-38-29(25-50-35)34(45)46)16-12-13-28(24-42-17-19-47-20-18-42)49-53(8,9)37(2,3)4/h10-11,14-15,23,25,28H,12-13,16-22,24,26H2,1-9H3,(H,45,46). The predicted octanol–water partition coefficient (Wildman–Crippen LogP) is 8.14. The van der Waals surface area contributed by atoms with Crippen molar-refractivity contribution in [1.29, 1.82) is 0 Å². The van der Waals surface area contributed by atoms with E-state index in [2.05, 4.69) is 90.3 Å². The van der Waals surface area contributed by atoms with Gasteiger partial charge in [0, 0.05) is 46.2 Å². The Bertz CT molecular complexity index is 1890. The molecule has 12 nitrogen and oxygen atoms in total. The highest BCUT2D eigenvalue weighted by atomic mass is 32.1. The fraction of sp³-hybridized carbons (Fsp3) is 0.595. The Morgan fingerprint density at radius 2 is 1.87 bits per heavy atom. The number of carboxylic acids is 1. The molecule has 0 radical (unpaired) electrons. The Hall–Kier alpha value is -2.84. The summed E-state index contributed by atoms with van der Waals surface area (Å²) in [5.74, 6) is 0.0646. The molecule has 0 spiro atoms. The van der Waals surface area contributed by atoms with Gasteiger partial charge in [-0.3, -0.25) is 9.47 Å². The fourth-order valence-electron chi connectivity index (χ4n) is 5.69. The molecule has 5 rings (SSSR count). The molecule has 4 aromatic rings. The fourth-order valence-corrected chi connectivity index (χ4v) is 9.68. The Kier molecular flexibility index (Phi) is 13.8. The van der Waals surface area contributed by atoms with Crippen LogP contribution in [0, 0.1) is 6.92 Å². The number of aromatic carboxylic acids is 1. The number of rotatable bonds is 17. The highest BCUT2D eigenvalue weighted by Gasteiger charge is 2.39. The van der Waals surface area contributed by atoms with Crippen LogP contribution < -0.4 is 9.70 Å². The van der Waals surface area contributed by atoms with Crippen LogP contribution in [0.4, 0.5) is 16.8 Å². The number of anilines is 2. The van der Waals surface area contributed by atoms with E-state index in [4.69, 9.17) is 18.9 Å². The van der Waals surface area contributed by atoms with Gasteiger partial charge in [0.25, 0.3) is 0 Å². The van der Waals surface area contributed by atoms with Gasteiger partial charge in [0.2, 0.25) is 0 Å². The highest BCUT2D eigenvalue weighted by Crippen LogP contribution is 2.38. The van der Waals surface area contributed by atoms with Crippen LogP contribution in [0.25, 0.3) is 10.2 Å². The number of carboxylic acid groups (broad SMARTS) is 1. The number of hydrogen-bond donors (Lipinski definition) is 1. The molecular weight excluding hydrogens is 743 g/mol. The monoisotopic (exact) mass is 799 g/mol. The number of aromatic nitrogens is 4. The van der Waals surface area contributed by atoms with Crippen molar-refractivity contribution >= 4 is 72.0 Å². The maximum Gasteiger partial charge on any atom is 0.355 e. The summed E-state index contributed by atoms with van der Waals surface area (Å²) in [6, 6.07) is 11.3. The molecule has 1 N–H and O–H groups in total. The van der Waals surface area contributed by atoms with Crippen LogP contribution in [-0.4, -0.2) is 104 Å². The van der Waals surface area contributed by atoms with Gasteiger partial charge in [0.05, 0.1) is 29.5 Å². The number of ether oxygens (including phenoxy) is 2. The van der Waals surface area contributed by atoms with Crippen LogP contribution in [0.3, 0.4) is 0 Å². The van der Waals surface area contributed by atoms with E-state index >= 15 is 0 Å². The van der Waals surface area contributed by atoms with E-state index in [9.17, 15) is 9.90 Å². The number of fused-ring (bicyclic) bond motifs is 1. The minimum absolute atomic E-state index is 0.0131. The molecule has 290 valence electrons. The number of carbonyl (C=O) groups is 1. The minimum Gasteiger partial charge on any atom is -0.476 e. The Morgan fingerprint density at radius 1 is 1.13 bits per heavy atom. The number of aryl methyl sites for hydroxylation is 1. The van der Waals surface area contributed by atoms with Crippen LogP contribution >= 0.6 is 22.7 Å². The molecule has 1 fully saturated rings. The zero-order chi connectivity index (χ0) is 38.4. The summed E-state index contributed by atoms with van der Waals surface area (Å²) >= 11 is 2.89. The molecule has 0 amide bonds. The minimum atomic E-state index is -2.03. The lowest BCUT2D eigenvalue weighted by Crippen LogP contribution is -2.48. The van der Waals surface area contributed by atoms with E-state index in [0.717, 1.165) is 72.3 Å². The molecular formula is C37H57N7O5S2Si2. The van der Waals surface area contributed by atoms with Gasteiger partial charge < -0.3 is 23.9 Å². The third-order valence-electron chi connectivity index (χ3n) is 9.91. The van der Waals surface area contributed by atoms with E-state index in [1.807, 2.05) is 30.0 Å². The first kappa shape index (κ1) is 41.3. The van der Waals surface area contributed by atoms with E-state index in [1.165, 1.54) is 11.3 Å². The van der Waals surface area contributed by atoms with Crippen molar-refractivity contribution in [2.24, 2.45) is 4.99 Å². The van der Waals surface area contributed by atoms with Gasteiger partial charge in [-0.2, -0.15) is 4.99 Å². The third-order valence-corrected chi connectivity index (χ3v) is 18.1. The molecule has 0 saturated carbocycles. The number of hydrogen-bond acceptors (Lipinski definition) is 12. The van der Waals surface area contributed by atoms with Crippen LogP contribution in [0.5, 0.6) is 0 Å². The predicted molar refractivity (Wildman–Crippen MR) is 221 cm³/mol. The second-order valence-corrected chi connectivity index (χ2v) is 28.7. The van der Waals surface area contributed by atoms with Gasteiger partial charge in [-0.15, -0.1) is 21.5 Å². The van der Waals surface area contributed by atoms with Gasteiger partial charge >= 0.3 is 5.97 Å². The Labute approximate surface area is 324 Å². The SMILES string of the molecule is Cc1cc(N(CCCC(CN2CCOCC2)O[Si](C)(C)C(C)(C)C)c2nc(C(=O)O)cs2)nnc1N=c1sc2ccccc2n1COCC[Si](C)(C)C. The lowest BCUT2D eigenvalue weighted by molar-refractivity contribution is 0.0154. The maximum atomic E-state index is 11.8. The molecule has 1 saturated heterocycles. The number of para-hydroxylation sites is 1. The number of nitrogens with zero attached hydrogens (tertiary/aromatic N) is 7. The van der Waals surface area contributed by atoms with E-state index in [-0.39, 0.29) is 16.8 Å². The van der Waals surface area contributed by atoms with Gasteiger partial charge in [-0.1, -0.05) is 63.9 Å². The third kappa shape index (κ3) is 11.3. The summed E-state index contributed by atoms with van der Waals surface area (Å²) in [7, 11) is -3.25. The lowest BCUT2D eigenvalue weighted by Gasteiger charge is -2.41. The normalized spacial score (nSPS) is 15.7. The largest absolute Gasteiger partial charge is 0.476 e. The molecule has 1 aliphatic heterocycles. The lowest BCUT2D eigenvalue weighted by atomic mass is 10.1. The zero-order valence-corrected chi connectivity index (χ0v) is 36.5. The van der Waals surface area contributed by atoms with Crippen molar-refractivity contribution < 1.29 is 23.8 Å². The van der Waals surface area contributed by atoms with Crippen molar-refractivity contribution in [2.75, 3.05) is 50.9 Å². The molecule has 1 atom stereocenters. The molecule has 1 aliphatic rings. The molecule has 16 heteroatoms. The average molecular weight is 800 g/mol. The number of benzene rings is 1. The molecule has 3 aromatic heterocycles. The molecule has 53 heavy (non-hydrogen) atoms. The van der Waals surface area contributed by atoms with Crippen molar-refractivity contribution in [3.8, 4) is 0 Å². The molecule has 1 unspecified atom stereocenters. The van der Waals surface area contributed by atoms with Gasteiger partial charge in [-0.05, 0) is 67.7 Å². The number of morpholine rings is 1. The first-order valence-corrected chi connectivity index (χ1v) is 26.8. The van der Waals surface area contributed by atoms with Gasteiger partial charge in [0.15, 0.2) is 35.6 Å². The number of thiazole rings is 2. The van der Waals surface area contributed by atoms with Gasteiger partial charge in [-0.25, -0.2) is 9.78 Å². The second-order valence-electron chi connectivity index (χ2n) is 16.5. The zero-order valence-electron chi connectivity index (χ0n) is 32.8. The molecule has 0 bridgehead atoms. The summed E-state index contributed by atoms with van der Waals surface area (Å²) in [6.45, 7) is 26.3. The highest BCUT2D eigenvalue weighted by molar-refractivity contribution is 7.16. The summed E-state index contributed by atoms with van der Waals surface area (Å²) in [5, 5.41) is 21.2. The quantitative estimate of drug-likeness (QED) is 0.0826. The van der Waals surface area contributed by atoms with Crippen molar-refractivity contribution in [3.63, 3.8) is 0 Å². The van der Waals surface area contributed by atoms with Crippen LogP contribution in [0.2, 0.25) is 43.8 Å². The molecule has 4 heterocycles. The average Bonchev–Trinajstić information content (AvgIpc) is 3.71. The van der Waals surface area contributed by atoms with E-state index in [1.54, 1.807) is 16.7 Å². The van der Waals surface area contributed by atoms with E-state index < -0.39 is 22.4 Å². The molecule has 1 aromatic carbocycles. The first-order valence-electron chi connectivity index (χ1n) is 18.5. The smallest absolute Gasteiger partial charge is 0.355 e. The summed E-state index contributed by atoms with van der Waals surface area (Å²) in [6.07, 6.45) is 1.68. The summed E-state index contributed by atoms with van der Waals surface area (Å²) in [5.41, 5.74) is 1.93. The van der Waals surface area contributed by atoms with Crippen molar-refractivity contribution in [2.45, 2.75) is 97.2 Å². The van der Waals surface area contributed by atoms with Crippen LogP contribution in [0.1, 0.15) is 49.7 Å². The van der Waals surface area contributed by atoms with Crippen molar-refractivity contribution in [1.82, 2.24) is 24.6 Å². The van der Waals surface area contributed by atoms with E-state index in [0.29, 0.717) is 36.6 Å². The maximum absolute atomic E-state index is 11.8. The van der Waals surface area contributed by atoms with Crippen molar-refractivity contribution in [3.05, 3.63) is 51.8 Å². The summed E-state index contributed by atoms with van der Waals surface area (Å²) < 4.78 is 22.0. The van der Waals surface area contributed by atoms with Crippen LogP contribution in [-0.2, 0) is 20.6 Å². The Morgan fingerprint density at radius 3 is 2.53 bits per heavy atom. The van der Waals surface area contributed by atoms with Gasteiger partial charge in [0.1, 0.15) is 6.73 Å².